The number of sulfonamides is 1. The zero-order valence-electron chi connectivity index (χ0n) is 23.3. The molecule has 0 aliphatic carbocycles. The summed E-state index contributed by atoms with van der Waals surface area (Å²) >= 11 is 0. The van der Waals surface area contributed by atoms with E-state index in [0.29, 0.717) is 27.8 Å². The topological polar surface area (TPSA) is 146 Å². The Hall–Kier alpha value is -4.48. The van der Waals surface area contributed by atoms with Crippen molar-refractivity contribution in [3.63, 3.8) is 0 Å². The number of hydrogen-bond donors (Lipinski definition) is 3. The van der Waals surface area contributed by atoms with E-state index in [0.717, 1.165) is 11.1 Å². The maximum atomic E-state index is 13.1. The number of aliphatic carboxylic acids is 1. The van der Waals surface area contributed by atoms with Crippen LogP contribution in [0.1, 0.15) is 40.3 Å². The van der Waals surface area contributed by atoms with Crippen LogP contribution in [-0.2, 0) is 14.8 Å². The van der Waals surface area contributed by atoms with E-state index in [1.54, 1.807) is 89.5 Å². The molecule has 1 heterocycles. The average molecular weight is 578 g/mol. The Bertz CT molecular complexity index is 1720. The lowest BCUT2D eigenvalue weighted by molar-refractivity contribution is -0.140. The van der Waals surface area contributed by atoms with Crippen LogP contribution in [-0.4, -0.2) is 56.3 Å². The lowest BCUT2D eigenvalue weighted by Crippen LogP contribution is -2.44. The van der Waals surface area contributed by atoms with Gasteiger partial charge in [0, 0.05) is 30.7 Å². The molecule has 0 saturated heterocycles. The van der Waals surface area contributed by atoms with E-state index in [1.165, 1.54) is 17.0 Å². The molecule has 0 spiro atoms. The van der Waals surface area contributed by atoms with Gasteiger partial charge in [-0.2, -0.15) is 4.72 Å². The van der Waals surface area contributed by atoms with Crippen LogP contribution in [0.25, 0.3) is 22.1 Å². The summed E-state index contributed by atoms with van der Waals surface area (Å²) < 4.78 is 33.4. The van der Waals surface area contributed by atoms with Crippen LogP contribution in [0, 0.1) is 12.8 Å². The van der Waals surface area contributed by atoms with Crippen molar-refractivity contribution in [3.8, 4) is 11.1 Å². The van der Waals surface area contributed by atoms with Crippen LogP contribution in [0.15, 0.2) is 76.0 Å². The van der Waals surface area contributed by atoms with Gasteiger partial charge in [-0.15, -0.1) is 0 Å². The number of aryl methyl sites for hydroxylation is 1. The van der Waals surface area contributed by atoms with E-state index in [1.807, 2.05) is 0 Å². The highest BCUT2D eigenvalue weighted by molar-refractivity contribution is 7.89. The minimum absolute atomic E-state index is 0.0475. The molecule has 0 radical (unpaired) electrons. The average Bonchev–Trinajstić information content (AvgIpc) is 3.28. The van der Waals surface area contributed by atoms with Crippen LogP contribution in [0.3, 0.4) is 0 Å². The molecule has 0 saturated carbocycles. The Labute approximate surface area is 238 Å². The van der Waals surface area contributed by atoms with Crippen molar-refractivity contribution in [3.05, 3.63) is 83.6 Å². The minimum atomic E-state index is -4.03. The Morgan fingerprint density at radius 2 is 1.49 bits per heavy atom. The first kappa shape index (κ1) is 29.5. The number of rotatable bonds is 9. The van der Waals surface area contributed by atoms with Crippen molar-refractivity contribution >= 4 is 44.5 Å². The highest BCUT2D eigenvalue weighted by Gasteiger charge is 2.28. The van der Waals surface area contributed by atoms with Gasteiger partial charge in [-0.25, -0.2) is 8.42 Å². The molecule has 41 heavy (non-hydrogen) atoms. The van der Waals surface area contributed by atoms with Gasteiger partial charge in [-0.3, -0.25) is 14.4 Å². The number of nitrogens with one attached hydrogen (secondary N) is 2. The van der Waals surface area contributed by atoms with Gasteiger partial charge in [0.25, 0.3) is 11.8 Å². The summed E-state index contributed by atoms with van der Waals surface area (Å²) in [5.41, 5.74) is 3.48. The third kappa shape index (κ3) is 6.16. The van der Waals surface area contributed by atoms with Gasteiger partial charge < -0.3 is 19.7 Å². The normalized spacial score (nSPS) is 12.3. The zero-order valence-corrected chi connectivity index (χ0v) is 24.1. The Morgan fingerprint density at radius 1 is 0.902 bits per heavy atom. The predicted molar refractivity (Wildman–Crippen MR) is 155 cm³/mol. The fourth-order valence-electron chi connectivity index (χ4n) is 4.41. The molecular weight excluding hydrogens is 546 g/mol. The van der Waals surface area contributed by atoms with Crippen LogP contribution in [0.4, 0.5) is 5.69 Å². The number of benzene rings is 3. The number of carboxylic acids is 1. The second kappa shape index (κ2) is 11.6. The summed E-state index contributed by atoms with van der Waals surface area (Å²) in [6, 6.07) is 16.9. The summed E-state index contributed by atoms with van der Waals surface area (Å²) in [5, 5.41) is 12.7. The number of carboxylic acid groups (broad SMARTS) is 1. The number of fused-ring (bicyclic) bond motifs is 1. The molecule has 0 bridgehead atoms. The predicted octanol–water partition coefficient (Wildman–Crippen LogP) is 4.75. The van der Waals surface area contributed by atoms with Gasteiger partial charge in [-0.05, 0) is 60.4 Å². The molecule has 10 nitrogen and oxygen atoms in total. The zero-order chi connectivity index (χ0) is 30.1. The van der Waals surface area contributed by atoms with Crippen LogP contribution in [0.5, 0.6) is 0 Å². The van der Waals surface area contributed by atoms with E-state index in [-0.39, 0.29) is 16.6 Å². The standard InChI is InChI=1S/C30H31N3O7S/c1-17(2)26(30(36)37)32-41(38,39)22-15-11-20(12-16-22)19-9-13-21(14-10-19)31-28(34)27-18(3)25-23(29(35)33(4)5)7-6-8-24(25)40-27/h6-17,26,32H,1-5H3,(H,31,34)(H,36,37). The monoisotopic (exact) mass is 577 g/mol. The molecule has 11 heteroatoms. The van der Waals surface area contributed by atoms with E-state index < -0.39 is 33.9 Å². The number of carbonyl (C=O) groups excluding carboxylic acids is 2. The first-order valence-corrected chi connectivity index (χ1v) is 14.3. The van der Waals surface area contributed by atoms with Crippen molar-refractivity contribution < 1.29 is 32.3 Å². The molecule has 214 valence electrons. The van der Waals surface area contributed by atoms with E-state index in [9.17, 15) is 27.9 Å². The maximum Gasteiger partial charge on any atom is 0.322 e. The molecule has 4 aromatic rings. The molecule has 4 rings (SSSR count). The molecule has 1 atom stereocenters. The second-order valence-electron chi connectivity index (χ2n) is 10.2. The van der Waals surface area contributed by atoms with Crippen LogP contribution < -0.4 is 10.0 Å². The van der Waals surface area contributed by atoms with Gasteiger partial charge in [-0.1, -0.05) is 44.2 Å². The van der Waals surface area contributed by atoms with Crippen molar-refractivity contribution in [2.24, 2.45) is 5.92 Å². The highest BCUT2D eigenvalue weighted by Crippen LogP contribution is 2.30. The Balaban J connectivity index is 1.50. The summed E-state index contributed by atoms with van der Waals surface area (Å²) in [5.74, 6) is -2.22. The summed E-state index contributed by atoms with van der Waals surface area (Å²) in [4.78, 5) is 38.5. The lowest BCUT2D eigenvalue weighted by Gasteiger charge is -2.18. The van der Waals surface area contributed by atoms with Gasteiger partial charge in [0.1, 0.15) is 11.6 Å². The molecule has 1 aromatic heterocycles. The third-order valence-electron chi connectivity index (χ3n) is 6.65. The fraction of sp³-hybridized carbons (Fsp3) is 0.233. The summed E-state index contributed by atoms with van der Waals surface area (Å²) in [7, 11) is -0.712. The molecule has 1 unspecified atom stereocenters. The SMILES string of the molecule is Cc1c(C(=O)Nc2ccc(-c3ccc(S(=O)(=O)NC(C(=O)O)C(C)C)cc3)cc2)oc2cccc(C(=O)N(C)C)c12. The van der Waals surface area contributed by atoms with E-state index in [4.69, 9.17) is 4.42 Å². The van der Waals surface area contributed by atoms with Crippen molar-refractivity contribution in [1.29, 1.82) is 0 Å². The van der Waals surface area contributed by atoms with Crippen molar-refractivity contribution in [2.45, 2.75) is 31.7 Å². The number of anilines is 1. The molecule has 3 N–H and O–H groups in total. The van der Waals surface area contributed by atoms with Crippen LogP contribution >= 0.6 is 0 Å². The van der Waals surface area contributed by atoms with E-state index >= 15 is 0 Å². The maximum absolute atomic E-state index is 13.1. The minimum Gasteiger partial charge on any atom is -0.480 e. The molecule has 0 fully saturated rings. The fourth-order valence-corrected chi connectivity index (χ4v) is 5.74. The molecule has 0 aliphatic heterocycles. The molecule has 2 amide bonds. The van der Waals surface area contributed by atoms with Crippen molar-refractivity contribution in [1.82, 2.24) is 9.62 Å². The van der Waals surface area contributed by atoms with Gasteiger partial charge in [0.15, 0.2) is 5.76 Å². The second-order valence-corrected chi connectivity index (χ2v) is 11.9. The first-order valence-electron chi connectivity index (χ1n) is 12.8. The number of carbonyl (C=O) groups is 3. The quantitative estimate of drug-likeness (QED) is 0.260. The number of hydrogen-bond acceptors (Lipinski definition) is 6. The van der Waals surface area contributed by atoms with Crippen molar-refractivity contribution in [2.75, 3.05) is 19.4 Å². The number of amides is 2. The Morgan fingerprint density at radius 3 is 2.02 bits per heavy atom. The molecule has 3 aromatic carbocycles. The van der Waals surface area contributed by atoms with Gasteiger partial charge >= 0.3 is 5.97 Å². The highest BCUT2D eigenvalue weighted by atomic mass is 32.2. The molecule has 0 aliphatic rings. The largest absolute Gasteiger partial charge is 0.480 e. The van der Waals surface area contributed by atoms with E-state index in [2.05, 4.69) is 10.0 Å². The smallest absolute Gasteiger partial charge is 0.322 e. The lowest BCUT2D eigenvalue weighted by atomic mass is 10.0. The molecular formula is C30H31N3O7S. The summed E-state index contributed by atoms with van der Waals surface area (Å²) in [6.07, 6.45) is 0. The number of nitrogens with zero attached hydrogens (tertiary/aromatic N) is 1. The summed E-state index contributed by atoms with van der Waals surface area (Å²) in [6.45, 7) is 4.98. The van der Waals surface area contributed by atoms with Gasteiger partial charge in [0.2, 0.25) is 10.0 Å². The van der Waals surface area contributed by atoms with Gasteiger partial charge in [0.05, 0.1) is 10.5 Å². The number of furan rings is 1. The first-order chi connectivity index (χ1) is 19.3. The third-order valence-corrected chi connectivity index (χ3v) is 8.11. The Kier molecular flexibility index (Phi) is 8.32. The van der Waals surface area contributed by atoms with Crippen LogP contribution in [0.2, 0.25) is 0 Å².